The number of unbranched alkanes of at least 4 members (excludes halogenated alkanes) is 3. The lowest BCUT2D eigenvalue weighted by Crippen LogP contribution is -2.40. The highest BCUT2D eigenvalue weighted by molar-refractivity contribution is 7.97. The van der Waals surface area contributed by atoms with E-state index in [4.69, 9.17) is 9.88 Å². The van der Waals surface area contributed by atoms with Crippen LogP contribution in [0.15, 0.2) is 72.1 Å². The number of nitrogens with two attached hydrogens (primary N) is 1. The van der Waals surface area contributed by atoms with Gasteiger partial charge in [0, 0.05) is 54.4 Å². The first-order valence-corrected chi connectivity index (χ1v) is 16.6. The molecule has 3 heterocycles. The van der Waals surface area contributed by atoms with Gasteiger partial charge in [-0.25, -0.2) is 14.6 Å². The number of hydrogen-bond acceptors (Lipinski definition) is 9. The topological polar surface area (TPSA) is 132 Å². The molecule has 0 aliphatic rings. The van der Waals surface area contributed by atoms with E-state index in [1.165, 1.54) is 16.9 Å². The van der Waals surface area contributed by atoms with Gasteiger partial charge in [0.1, 0.15) is 18.1 Å². The molecule has 0 atom stereocenters. The Balaban J connectivity index is 1.39. The summed E-state index contributed by atoms with van der Waals surface area (Å²) in [5, 5.41) is 19.8. The molecule has 1 aromatic carbocycles. The minimum absolute atomic E-state index is 0.0593. The Morgan fingerprint density at radius 1 is 0.979 bits per heavy atom. The van der Waals surface area contributed by atoms with E-state index in [9.17, 15) is 23.1 Å². The van der Waals surface area contributed by atoms with Gasteiger partial charge in [-0.15, -0.1) is 5.10 Å². The van der Waals surface area contributed by atoms with Crippen LogP contribution in [0.5, 0.6) is 5.88 Å². The number of nitrogens with zero attached hydrogens (tertiary/aromatic N) is 6. The minimum Gasteiger partial charge on any atom is -0.481 e. The highest BCUT2D eigenvalue weighted by atomic mass is 32.2. The Morgan fingerprint density at radius 2 is 1.71 bits per heavy atom. The number of benzene rings is 1. The van der Waals surface area contributed by atoms with E-state index in [0.717, 1.165) is 73.9 Å². The SMILES string of the molecule is CC(C)(CN(CCCCCCc1ccccc1-c1nccnc1-n1ccc(OCC(C)(C)C(F)(F)F)n1)c1cc(SN)ccn1)C(=O)O. The van der Waals surface area contributed by atoms with Crippen LogP contribution in [0.1, 0.15) is 58.9 Å². The largest absolute Gasteiger partial charge is 0.481 e. The maximum absolute atomic E-state index is 13.3. The van der Waals surface area contributed by atoms with Gasteiger partial charge >= 0.3 is 12.1 Å². The highest BCUT2D eigenvalue weighted by Crippen LogP contribution is 2.38. The van der Waals surface area contributed by atoms with E-state index < -0.39 is 29.6 Å². The lowest BCUT2D eigenvalue weighted by Gasteiger charge is -2.31. The number of carboxylic acids is 1. The van der Waals surface area contributed by atoms with Gasteiger partial charge in [-0.2, -0.15) is 13.2 Å². The molecule has 10 nitrogen and oxygen atoms in total. The van der Waals surface area contributed by atoms with E-state index in [0.29, 0.717) is 30.4 Å². The summed E-state index contributed by atoms with van der Waals surface area (Å²) in [5.74, 6) is 0.330. The van der Waals surface area contributed by atoms with Crippen molar-refractivity contribution in [2.75, 3.05) is 24.6 Å². The predicted molar refractivity (Wildman–Crippen MR) is 180 cm³/mol. The van der Waals surface area contributed by atoms with Gasteiger partial charge in [0.05, 0.1) is 10.8 Å². The molecule has 48 heavy (non-hydrogen) atoms. The molecule has 0 fully saturated rings. The molecule has 0 aliphatic heterocycles. The lowest BCUT2D eigenvalue weighted by atomic mass is 9.93. The van der Waals surface area contributed by atoms with Crippen LogP contribution in [-0.4, -0.2) is 61.7 Å². The molecule has 0 amide bonds. The standard InChI is InChI=1S/C34H42F3N7O3S/c1-32(2,31(45)46)22-43(27-21-25(48-38)14-16-39-27)19-10-6-5-7-11-24-12-8-9-13-26(24)29-30(41-18-17-40-29)44-20-15-28(42-44)47-23-33(3,4)34(35,36)37/h8-9,12-18,20-21H,5-7,10-11,19,22-23,38H2,1-4H3,(H,45,46). The van der Waals surface area contributed by atoms with Crippen molar-refractivity contribution >= 4 is 23.7 Å². The van der Waals surface area contributed by atoms with Crippen molar-refractivity contribution in [1.29, 1.82) is 0 Å². The van der Waals surface area contributed by atoms with Crippen molar-refractivity contribution in [3.8, 4) is 23.0 Å². The Morgan fingerprint density at radius 3 is 2.44 bits per heavy atom. The number of pyridine rings is 1. The lowest BCUT2D eigenvalue weighted by molar-refractivity contribution is -0.219. The molecule has 4 rings (SSSR count). The van der Waals surface area contributed by atoms with Gasteiger partial charge in [-0.05, 0) is 76.6 Å². The molecule has 14 heteroatoms. The van der Waals surface area contributed by atoms with E-state index >= 15 is 0 Å². The molecule has 4 aromatic rings. The van der Waals surface area contributed by atoms with Crippen molar-refractivity contribution in [2.24, 2.45) is 16.0 Å². The average molecular weight is 686 g/mol. The molecule has 3 N–H and O–H groups in total. The van der Waals surface area contributed by atoms with E-state index in [1.807, 2.05) is 35.2 Å². The molecule has 0 unspecified atom stereocenters. The third-order valence-electron chi connectivity index (χ3n) is 8.05. The van der Waals surface area contributed by atoms with Crippen LogP contribution in [0, 0.1) is 10.8 Å². The number of aryl methyl sites for hydroxylation is 1. The first-order valence-electron chi connectivity index (χ1n) is 15.7. The molecular weight excluding hydrogens is 643 g/mol. The van der Waals surface area contributed by atoms with Crippen molar-refractivity contribution < 1.29 is 27.8 Å². The maximum atomic E-state index is 13.3. The highest BCUT2D eigenvalue weighted by Gasteiger charge is 2.48. The third kappa shape index (κ3) is 9.47. The number of carboxylic acid groups (broad SMARTS) is 1. The number of aromatic nitrogens is 5. The number of aliphatic carboxylic acids is 1. The summed E-state index contributed by atoms with van der Waals surface area (Å²) < 4.78 is 46.7. The van der Waals surface area contributed by atoms with Gasteiger partial charge in [-0.3, -0.25) is 14.9 Å². The van der Waals surface area contributed by atoms with E-state index in [1.54, 1.807) is 32.4 Å². The molecule has 0 aliphatic carbocycles. The smallest absolute Gasteiger partial charge is 0.397 e. The van der Waals surface area contributed by atoms with Crippen LogP contribution in [0.3, 0.4) is 0 Å². The number of anilines is 1. The zero-order chi connectivity index (χ0) is 35.0. The summed E-state index contributed by atoms with van der Waals surface area (Å²) in [6.07, 6.45) is 6.46. The second kappa shape index (κ2) is 15.8. The zero-order valence-electron chi connectivity index (χ0n) is 27.6. The molecule has 0 saturated carbocycles. The second-order valence-electron chi connectivity index (χ2n) is 12.9. The van der Waals surface area contributed by atoms with Crippen molar-refractivity contribution in [2.45, 2.75) is 70.9 Å². The minimum atomic E-state index is -4.41. The summed E-state index contributed by atoms with van der Waals surface area (Å²) in [5.41, 5.74) is -0.412. The number of ether oxygens (including phenoxy) is 1. The number of rotatable bonds is 17. The van der Waals surface area contributed by atoms with Gasteiger partial charge in [0.2, 0.25) is 5.88 Å². The van der Waals surface area contributed by atoms with Gasteiger partial charge in [0.15, 0.2) is 5.82 Å². The van der Waals surface area contributed by atoms with Crippen LogP contribution in [0.2, 0.25) is 0 Å². The second-order valence-corrected chi connectivity index (χ2v) is 13.6. The van der Waals surface area contributed by atoms with Crippen LogP contribution in [0.25, 0.3) is 17.1 Å². The quantitative estimate of drug-likeness (QED) is 0.0857. The molecule has 3 aromatic heterocycles. The van der Waals surface area contributed by atoms with Crippen molar-refractivity contribution in [3.05, 3.63) is 72.8 Å². The average Bonchev–Trinajstić information content (AvgIpc) is 3.53. The Kier molecular flexibility index (Phi) is 12.1. The fraction of sp³-hybridized carbons (Fsp3) is 0.441. The van der Waals surface area contributed by atoms with Crippen LogP contribution in [0.4, 0.5) is 19.0 Å². The van der Waals surface area contributed by atoms with Crippen molar-refractivity contribution in [1.82, 2.24) is 24.7 Å². The molecule has 0 spiro atoms. The summed E-state index contributed by atoms with van der Waals surface area (Å²) in [6.45, 7) is 5.99. The van der Waals surface area contributed by atoms with Gasteiger partial charge in [0.25, 0.3) is 0 Å². The van der Waals surface area contributed by atoms with E-state index in [-0.39, 0.29) is 5.88 Å². The summed E-state index contributed by atoms with van der Waals surface area (Å²) in [7, 11) is 0. The fourth-order valence-electron chi connectivity index (χ4n) is 4.93. The predicted octanol–water partition coefficient (Wildman–Crippen LogP) is 7.38. The zero-order valence-corrected chi connectivity index (χ0v) is 28.4. The van der Waals surface area contributed by atoms with E-state index in [2.05, 4.69) is 26.1 Å². The first-order chi connectivity index (χ1) is 22.7. The fourth-order valence-corrected chi connectivity index (χ4v) is 5.25. The van der Waals surface area contributed by atoms with Crippen molar-refractivity contribution in [3.63, 3.8) is 0 Å². The molecule has 0 saturated heterocycles. The summed E-state index contributed by atoms with van der Waals surface area (Å²) in [4.78, 5) is 28.3. The Bertz CT molecular complexity index is 1660. The van der Waals surface area contributed by atoms with Gasteiger partial charge < -0.3 is 14.7 Å². The molecule has 0 bridgehead atoms. The maximum Gasteiger partial charge on any atom is 0.397 e. The Hall–Kier alpha value is -4.17. The number of carbonyl (C=O) groups is 1. The number of alkyl halides is 3. The monoisotopic (exact) mass is 685 g/mol. The number of halogens is 3. The molecular formula is C34H42F3N7O3S. The molecule has 0 radical (unpaired) electrons. The van der Waals surface area contributed by atoms with Crippen LogP contribution >= 0.6 is 11.9 Å². The molecule has 258 valence electrons. The first kappa shape index (κ1) is 36.7. The Labute approximate surface area is 283 Å². The summed E-state index contributed by atoms with van der Waals surface area (Å²) >= 11 is 1.12. The third-order valence-corrected chi connectivity index (χ3v) is 8.57. The summed E-state index contributed by atoms with van der Waals surface area (Å²) in [6, 6.07) is 13.1. The van der Waals surface area contributed by atoms with Crippen LogP contribution < -0.4 is 14.8 Å². The van der Waals surface area contributed by atoms with Gasteiger partial charge in [-0.1, -0.05) is 37.1 Å². The normalized spacial score (nSPS) is 12.2. The van der Waals surface area contributed by atoms with Crippen LogP contribution in [-0.2, 0) is 11.2 Å². The number of hydrogen-bond donors (Lipinski definition) is 2.